The highest BCUT2D eigenvalue weighted by atomic mass is 16.5. The molecule has 0 spiro atoms. The van der Waals surface area contributed by atoms with Gasteiger partial charge in [0.2, 0.25) is 5.88 Å². The largest absolute Gasteiger partial charge is 0.478 e. The van der Waals surface area contributed by atoms with E-state index in [4.69, 9.17) is 4.74 Å². The van der Waals surface area contributed by atoms with Crippen molar-refractivity contribution in [3.63, 3.8) is 0 Å². The maximum absolute atomic E-state index is 12.6. The number of H-pyrrole nitrogens is 1. The monoisotopic (exact) mass is 339 g/mol. The first-order chi connectivity index (χ1) is 11.9. The average Bonchev–Trinajstić information content (AvgIpc) is 2.96. The molecule has 0 fully saturated rings. The molecule has 0 unspecified atom stereocenters. The standard InChI is InChI=1S/C18H21N5O2/c1-18(2,3)6-8-25-16-9-15(20-12-21-16)23-17(24)14(11-22-23)13-5-4-7-19-10-13/h4-5,7,9-12,22H,6,8H2,1-3H3. The van der Waals surface area contributed by atoms with E-state index < -0.39 is 0 Å². The number of nitrogens with zero attached hydrogens (tertiary/aromatic N) is 4. The predicted octanol–water partition coefficient (Wildman–Crippen LogP) is 2.83. The van der Waals surface area contributed by atoms with Crippen LogP contribution < -0.4 is 10.3 Å². The van der Waals surface area contributed by atoms with Crippen molar-refractivity contribution in [2.45, 2.75) is 27.2 Å². The summed E-state index contributed by atoms with van der Waals surface area (Å²) in [6.07, 6.45) is 7.25. The number of nitrogens with one attached hydrogen (secondary N) is 1. The molecule has 0 atom stereocenters. The number of rotatable bonds is 5. The Bertz CT molecular complexity index is 894. The van der Waals surface area contributed by atoms with Crippen LogP contribution in [0.4, 0.5) is 0 Å². The Morgan fingerprint density at radius 2 is 2.12 bits per heavy atom. The molecule has 3 aromatic heterocycles. The lowest BCUT2D eigenvalue weighted by molar-refractivity contribution is 0.236. The van der Waals surface area contributed by atoms with E-state index in [1.165, 1.54) is 11.0 Å². The Labute approximate surface area is 145 Å². The van der Waals surface area contributed by atoms with E-state index in [0.29, 0.717) is 23.9 Å². The van der Waals surface area contributed by atoms with Crippen LogP contribution in [0.3, 0.4) is 0 Å². The van der Waals surface area contributed by atoms with Gasteiger partial charge in [-0.1, -0.05) is 26.8 Å². The number of aromatic amines is 1. The molecule has 0 saturated heterocycles. The van der Waals surface area contributed by atoms with E-state index in [1.54, 1.807) is 30.7 Å². The SMILES string of the molecule is CC(C)(C)CCOc1cc(-n2[nH]cc(-c3cccnc3)c2=O)ncn1. The van der Waals surface area contributed by atoms with E-state index in [1.807, 2.05) is 6.07 Å². The van der Waals surface area contributed by atoms with Crippen LogP contribution in [0.2, 0.25) is 0 Å². The summed E-state index contributed by atoms with van der Waals surface area (Å²) in [5.41, 5.74) is 1.26. The normalized spacial score (nSPS) is 11.5. The highest BCUT2D eigenvalue weighted by Crippen LogP contribution is 2.19. The van der Waals surface area contributed by atoms with Gasteiger partial charge in [-0.05, 0) is 17.9 Å². The Balaban J connectivity index is 1.82. The highest BCUT2D eigenvalue weighted by molar-refractivity contribution is 5.60. The van der Waals surface area contributed by atoms with Crippen LogP contribution >= 0.6 is 0 Å². The van der Waals surface area contributed by atoms with Gasteiger partial charge in [0.05, 0.1) is 12.2 Å². The number of aromatic nitrogens is 5. The predicted molar refractivity (Wildman–Crippen MR) is 94.8 cm³/mol. The Morgan fingerprint density at radius 3 is 2.84 bits per heavy atom. The van der Waals surface area contributed by atoms with E-state index >= 15 is 0 Å². The smallest absolute Gasteiger partial charge is 0.280 e. The van der Waals surface area contributed by atoms with Gasteiger partial charge in [0.1, 0.15) is 6.33 Å². The number of hydrogen-bond acceptors (Lipinski definition) is 5. The molecule has 0 saturated carbocycles. The van der Waals surface area contributed by atoms with Gasteiger partial charge in [-0.2, -0.15) is 0 Å². The fourth-order valence-electron chi connectivity index (χ4n) is 2.26. The molecular weight excluding hydrogens is 318 g/mol. The van der Waals surface area contributed by atoms with Crippen LogP contribution in [0.15, 0.2) is 47.9 Å². The summed E-state index contributed by atoms with van der Waals surface area (Å²) in [6.45, 7) is 7.02. The van der Waals surface area contributed by atoms with Crippen LogP contribution in [0.25, 0.3) is 16.9 Å². The molecule has 3 heterocycles. The summed E-state index contributed by atoms with van der Waals surface area (Å²) in [5, 5.41) is 2.93. The Hall–Kier alpha value is -2.96. The first kappa shape index (κ1) is 16.9. The summed E-state index contributed by atoms with van der Waals surface area (Å²) in [6, 6.07) is 5.27. The topological polar surface area (TPSA) is 85.7 Å². The highest BCUT2D eigenvalue weighted by Gasteiger charge is 2.13. The lowest BCUT2D eigenvalue weighted by Crippen LogP contribution is -2.17. The molecule has 0 aliphatic heterocycles. The second-order valence-electron chi connectivity index (χ2n) is 6.94. The van der Waals surface area contributed by atoms with Gasteiger partial charge >= 0.3 is 0 Å². The van der Waals surface area contributed by atoms with Crippen molar-refractivity contribution in [1.82, 2.24) is 24.7 Å². The lowest BCUT2D eigenvalue weighted by Gasteiger charge is -2.17. The van der Waals surface area contributed by atoms with E-state index in [2.05, 4.69) is 40.8 Å². The Morgan fingerprint density at radius 1 is 1.28 bits per heavy atom. The van der Waals surface area contributed by atoms with E-state index in [9.17, 15) is 4.79 Å². The molecule has 0 aromatic carbocycles. The van der Waals surface area contributed by atoms with Crippen molar-refractivity contribution in [2.24, 2.45) is 5.41 Å². The van der Waals surface area contributed by atoms with Crippen molar-refractivity contribution in [1.29, 1.82) is 0 Å². The molecule has 7 heteroatoms. The van der Waals surface area contributed by atoms with Gasteiger partial charge in [0.25, 0.3) is 5.56 Å². The van der Waals surface area contributed by atoms with Crippen LogP contribution in [0.5, 0.6) is 5.88 Å². The summed E-state index contributed by atoms with van der Waals surface area (Å²) in [4.78, 5) is 24.9. The third-order valence-electron chi connectivity index (χ3n) is 3.70. The van der Waals surface area contributed by atoms with E-state index in [-0.39, 0.29) is 11.0 Å². The van der Waals surface area contributed by atoms with Gasteiger partial charge in [-0.15, -0.1) is 0 Å². The zero-order valence-corrected chi connectivity index (χ0v) is 14.6. The van der Waals surface area contributed by atoms with E-state index in [0.717, 1.165) is 12.0 Å². The van der Waals surface area contributed by atoms with Gasteiger partial charge < -0.3 is 4.74 Å². The fraction of sp³-hybridized carbons (Fsp3) is 0.333. The van der Waals surface area contributed by atoms with Crippen LogP contribution in [0.1, 0.15) is 27.2 Å². The van der Waals surface area contributed by atoms with Crippen molar-refractivity contribution in [3.8, 4) is 22.8 Å². The average molecular weight is 339 g/mol. The fourth-order valence-corrected chi connectivity index (χ4v) is 2.26. The molecular formula is C18H21N5O2. The third kappa shape index (κ3) is 4.12. The minimum Gasteiger partial charge on any atom is -0.478 e. The Kier molecular flexibility index (Phi) is 4.65. The van der Waals surface area contributed by atoms with Crippen LogP contribution in [0, 0.1) is 5.41 Å². The molecule has 1 N–H and O–H groups in total. The van der Waals surface area contributed by atoms with Crippen LogP contribution in [-0.2, 0) is 0 Å². The third-order valence-corrected chi connectivity index (χ3v) is 3.70. The second-order valence-corrected chi connectivity index (χ2v) is 6.94. The molecule has 0 amide bonds. The minimum atomic E-state index is -0.202. The molecule has 3 aromatic rings. The zero-order valence-electron chi connectivity index (χ0n) is 14.6. The molecule has 0 aliphatic carbocycles. The number of pyridine rings is 1. The summed E-state index contributed by atoms with van der Waals surface area (Å²) in [5.74, 6) is 0.875. The molecule has 130 valence electrons. The van der Waals surface area contributed by atoms with Crippen molar-refractivity contribution in [3.05, 3.63) is 53.5 Å². The lowest BCUT2D eigenvalue weighted by atomic mass is 9.93. The summed E-state index contributed by atoms with van der Waals surface area (Å²) in [7, 11) is 0. The molecule has 0 aliphatic rings. The molecule has 3 rings (SSSR count). The second kappa shape index (κ2) is 6.88. The minimum absolute atomic E-state index is 0.185. The van der Waals surface area contributed by atoms with Gasteiger partial charge in [0.15, 0.2) is 5.82 Å². The number of hydrogen-bond donors (Lipinski definition) is 1. The first-order valence-corrected chi connectivity index (χ1v) is 8.10. The quantitative estimate of drug-likeness (QED) is 0.772. The van der Waals surface area contributed by atoms with Crippen molar-refractivity contribution < 1.29 is 4.74 Å². The zero-order chi connectivity index (χ0) is 17.9. The maximum Gasteiger partial charge on any atom is 0.280 e. The number of ether oxygens (including phenoxy) is 1. The van der Waals surface area contributed by atoms with Crippen molar-refractivity contribution in [2.75, 3.05) is 6.61 Å². The van der Waals surface area contributed by atoms with Crippen LogP contribution in [-0.4, -0.2) is 31.3 Å². The maximum atomic E-state index is 12.6. The molecule has 0 radical (unpaired) electrons. The molecule has 25 heavy (non-hydrogen) atoms. The van der Waals surface area contributed by atoms with Gasteiger partial charge in [0, 0.05) is 30.2 Å². The van der Waals surface area contributed by atoms with Gasteiger partial charge in [-0.3, -0.25) is 14.9 Å². The molecule has 7 nitrogen and oxygen atoms in total. The first-order valence-electron chi connectivity index (χ1n) is 8.10. The van der Waals surface area contributed by atoms with Gasteiger partial charge in [-0.25, -0.2) is 14.6 Å². The molecule has 0 bridgehead atoms. The van der Waals surface area contributed by atoms with Crippen molar-refractivity contribution >= 4 is 0 Å². The summed E-state index contributed by atoms with van der Waals surface area (Å²) < 4.78 is 7.05. The summed E-state index contributed by atoms with van der Waals surface area (Å²) >= 11 is 0.